The highest BCUT2D eigenvalue weighted by Gasteiger charge is 2.20. The van der Waals surface area contributed by atoms with Crippen molar-refractivity contribution in [3.63, 3.8) is 0 Å². The van der Waals surface area contributed by atoms with Crippen LogP contribution in [0.3, 0.4) is 0 Å². The number of carbonyl (C=O) groups excluding carboxylic acids is 2. The Morgan fingerprint density at radius 1 is 0.758 bits per heavy atom. The molecule has 6 nitrogen and oxygen atoms in total. The normalized spacial score (nSPS) is 10.4. The number of halogens is 1. The molecule has 0 radical (unpaired) electrons. The Morgan fingerprint density at radius 3 is 2.30 bits per heavy atom. The molecule has 0 aromatic heterocycles. The van der Waals surface area contributed by atoms with Crippen molar-refractivity contribution in [1.82, 2.24) is 0 Å². The van der Waals surface area contributed by atoms with Gasteiger partial charge in [0.15, 0.2) is 0 Å². The van der Waals surface area contributed by atoms with Gasteiger partial charge in [-0.05, 0) is 48.9 Å². The fourth-order valence-electron chi connectivity index (χ4n) is 2.88. The number of para-hydroxylation sites is 2. The monoisotopic (exact) mass is 512 g/mol. The van der Waals surface area contributed by atoms with Gasteiger partial charge in [0.25, 0.3) is 0 Å². The molecule has 0 aliphatic heterocycles. The highest BCUT2D eigenvalue weighted by atomic mass is 79.9. The van der Waals surface area contributed by atoms with Crippen LogP contribution in [0.5, 0.6) is 17.2 Å². The summed E-state index contributed by atoms with van der Waals surface area (Å²) in [4.78, 5) is 25.5. The molecule has 0 fully saturated rings. The summed E-state index contributed by atoms with van der Waals surface area (Å²) in [6, 6.07) is 20.8. The Balaban J connectivity index is 1.64. The maximum Gasteiger partial charge on any atom is 0.347 e. The first-order valence-corrected chi connectivity index (χ1v) is 11.5. The molecule has 3 aromatic carbocycles. The summed E-state index contributed by atoms with van der Waals surface area (Å²) >= 11 is 3.37. The van der Waals surface area contributed by atoms with Crippen molar-refractivity contribution in [2.45, 2.75) is 19.8 Å². The van der Waals surface area contributed by atoms with Gasteiger partial charge in [-0.1, -0.05) is 59.6 Å². The van der Waals surface area contributed by atoms with Crippen LogP contribution in [0.15, 0.2) is 77.3 Å². The van der Waals surface area contributed by atoms with Gasteiger partial charge in [-0.2, -0.15) is 0 Å². The summed E-state index contributed by atoms with van der Waals surface area (Å²) in [7, 11) is 0. The van der Waals surface area contributed by atoms with E-state index < -0.39 is 11.9 Å². The minimum atomic E-state index is -0.629. The summed E-state index contributed by atoms with van der Waals surface area (Å²) < 4.78 is 22.8. The van der Waals surface area contributed by atoms with Crippen LogP contribution >= 0.6 is 15.9 Å². The lowest BCUT2D eigenvalue weighted by atomic mass is 10.2. The van der Waals surface area contributed by atoms with Crippen LogP contribution in [0.1, 0.15) is 40.5 Å². The van der Waals surface area contributed by atoms with E-state index in [1.54, 1.807) is 42.5 Å². The zero-order valence-corrected chi connectivity index (χ0v) is 19.9. The van der Waals surface area contributed by atoms with Crippen molar-refractivity contribution in [3.8, 4) is 17.2 Å². The number of ether oxygens (including phenoxy) is 4. The second kappa shape index (κ2) is 12.6. The molecular weight excluding hydrogens is 488 g/mol. The smallest absolute Gasteiger partial charge is 0.347 e. The molecule has 0 bridgehead atoms. The highest BCUT2D eigenvalue weighted by Crippen LogP contribution is 2.27. The fourth-order valence-corrected chi connectivity index (χ4v) is 3.24. The van der Waals surface area contributed by atoms with Crippen molar-refractivity contribution in [2.24, 2.45) is 0 Å². The SMILES string of the molecule is CCCCOc1ccc(Br)cc1C(=O)Oc1ccccc1C(=O)OCCOc1ccccc1. The summed E-state index contributed by atoms with van der Waals surface area (Å²) in [6.07, 6.45) is 1.84. The average Bonchev–Trinajstić information content (AvgIpc) is 2.83. The molecule has 0 spiro atoms. The average molecular weight is 513 g/mol. The lowest BCUT2D eigenvalue weighted by molar-refractivity contribution is 0.0445. The van der Waals surface area contributed by atoms with E-state index in [4.69, 9.17) is 18.9 Å². The molecule has 0 heterocycles. The number of rotatable bonds is 11. The maximum atomic E-state index is 12.9. The summed E-state index contributed by atoms with van der Waals surface area (Å²) in [5.41, 5.74) is 0.411. The Labute approximate surface area is 201 Å². The lowest BCUT2D eigenvalue weighted by Crippen LogP contribution is -2.16. The zero-order valence-electron chi connectivity index (χ0n) is 18.3. The van der Waals surface area contributed by atoms with Crippen molar-refractivity contribution in [3.05, 3.63) is 88.4 Å². The quantitative estimate of drug-likeness (QED) is 0.176. The van der Waals surface area contributed by atoms with Crippen molar-refractivity contribution in [1.29, 1.82) is 0 Å². The molecule has 3 aromatic rings. The first-order chi connectivity index (χ1) is 16.1. The van der Waals surface area contributed by atoms with E-state index in [-0.39, 0.29) is 30.1 Å². The molecule has 0 aliphatic rings. The highest BCUT2D eigenvalue weighted by molar-refractivity contribution is 9.10. The van der Waals surface area contributed by atoms with E-state index >= 15 is 0 Å². The molecule has 0 amide bonds. The van der Waals surface area contributed by atoms with E-state index in [9.17, 15) is 9.59 Å². The van der Waals surface area contributed by atoms with Gasteiger partial charge in [0.2, 0.25) is 0 Å². The largest absolute Gasteiger partial charge is 0.493 e. The molecule has 0 N–H and O–H groups in total. The predicted molar refractivity (Wildman–Crippen MR) is 128 cm³/mol. The van der Waals surface area contributed by atoms with Gasteiger partial charge in [-0.3, -0.25) is 0 Å². The van der Waals surface area contributed by atoms with E-state index in [1.807, 2.05) is 30.3 Å². The zero-order chi connectivity index (χ0) is 23.5. The maximum absolute atomic E-state index is 12.9. The molecule has 3 rings (SSSR count). The van der Waals surface area contributed by atoms with Crippen molar-refractivity contribution in [2.75, 3.05) is 19.8 Å². The third-order valence-electron chi connectivity index (χ3n) is 4.56. The Morgan fingerprint density at radius 2 is 1.52 bits per heavy atom. The van der Waals surface area contributed by atoms with E-state index in [0.29, 0.717) is 22.6 Å². The van der Waals surface area contributed by atoms with Crippen LogP contribution < -0.4 is 14.2 Å². The molecule has 0 saturated heterocycles. The van der Waals surface area contributed by atoms with Crippen molar-refractivity contribution < 1.29 is 28.5 Å². The van der Waals surface area contributed by atoms with Crippen LogP contribution in [0.25, 0.3) is 0 Å². The molecular formula is C26H25BrO6. The summed E-state index contributed by atoms with van der Waals surface area (Å²) in [6.45, 7) is 2.81. The van der Waals surface area contributed by atoms with Crippen LogP contribution in [-0.2, 0) is 4.74 Å². The Bertz CT molecular complexity index is 1070. The summed E-state index contributed by atoms with van der Waals surface area (Å²) in [5.74, 6) is -0.0150. The van der Waals surface area contributed by atoms with Gasteiger partial charge in [0.05, 0.1) is 6.61 Å². The minimum Gasteiger partial charge on any atom is -0.493 e. The third-order valence-corrected chi connectivity index (χ3v) is 5.05. The van der Waals surface area contributed by atoms with Crippen molar-refractivity contribution >= 4 is 27.9 Å². The van der Waals surface area contributed by atoms with Gasteiger partial charge < -0.3 is 18.9 Å². The second-order valence-corrected chi connectivity index (χ2v) is 7.94. The predicted octanol–water partition coefficient (Wildman–Crippen LogP) is 6.08. The molecule has 33 heavy (non-hydrogen) atoms. The number of benzene rings is 3. The summed E-state index contributed by atoms with van der Waals surface area (Å²) in [5, 5.41) is 0. The van der Waals surface area contributed by atoms with Gasteiger partial charge >= 0.3 is 11.9 Å². The Hall–Kier alpha value is -3.32. The van der Waals surface area contributed by atoms with Crippen LogP contribution in [0.2, 0.25) is 0 Å². The second-order valence-electron chi connectivity index (χ2n) is 7.03. The van der Waals surface area contributed by atoms with Crippen LogP contribution in [0.4, 0.5) is 0 Å². The lowest BCUT2D eigenvalue weighted by Gasteiger charge is -2.13. The number of carbonyl (C=O) groups is 2. The molecule has 0 saturated carbocycles. The van der Waals surface area contributed by atoms with E-state index in [1.165, 1.54) is 0 Å². The first kappa shape index (κ1) is 24.3. The molecule has 0 aliphatic carbocycles. The molecule has 0 atom stereocenters. The first-order valence-electron chi connectivity index (χ1n) is 10.7. The Kier molecular flexibility index (Phi) is 9.32. The number of hydrogen-bond donors (Lipinski definition) is 0. The van der Waals surface area contributed by atoms with Gasteiger partial charge in [0.1, 0.15) is 41.6 Å². The number of hydrogen-bond acceptors (Lipinski definition) is 6. The van der Waals surface area contributed by atoms with E-state index in [0.717, 1.165) is 12.8 Å². The van der Waals surface area contributed by atoms with Gasteiger partial charge in [0, 0.05) is 4.47 Å². The number of unbranched alkanes of at least 4 members (excludes halogenated alkanes) is 1. The molecule has 172 valence electrons. The van der Waals surface area contributed by atoms with E-state index in [2.05, 4.69) is 22.9 Å². The molecule has 7 heteroatoms. The fraction of sp³-hybridized carbons (Fsp3) is 0.231. The topological polar surface area (TPSA) is 71.1 Å². The molecule has 0 unspecified atom stereocenters. The van der Waals surface area contributed by atoms with Crippen LogP contribution in [-0.4, -0.2) is 31.8 Å². The number of esters is 2. The van der Waals surface area contributed by atoms with Crippen LogP contribution in [0, 0.1) is 0 Å². The standard InChI is InChI=1S/C26H25BrO6/c1-2-3-15-31-23-14-13-19(27)18-22(23)26(29)33-24-12-8-7-11-21(24)25(28)32-17-16-30-20-9-5-4-6-10-20/h4-14,18H,2-3,15-17H2,1H3. The third kappa shape index (κ3) is 7.36. The minimum absolute atomic E-state index is 0.0526. The van der Waals surface area contributed by atoms with Gasteiger partial charge in [-0.15, -0.1) is 0 Å². The van der Waals surface area contributed by atoms with Gasteiger partial charge in [-0.25, -0.2) is 9.59 Å².